The van der Waals surface area contributed by atoms with Gasteiger partial charge >= 0.3 is 0 Å². The standard InChI is InChI=1S/C13H23NO/c1-2-3-5-12(15)14-10-8-13(9-11-14)6-4-7-13/h2-11H2,1H3. The van der Waals surface area contributed by atoms with Gasteiger partial charge in [0.2, 0.25) is 5.91 Å². The first-order valence-electron chi connectivity index (χ1n) is 6.54. The molecular weight excluding hydrogens is 186 g/mol. The third-order valence-electron chi connectivity index (χ3n) is 4.34. The van der Waals surface area contributed by atoms with Crippen LogP contribution < -0.4 is 0 Å². The highest BCUT2D eigenvalue weighted by Crippen LogP contribution is 2.48. The van der Waals surface area contributed by atoms with Gasteiger partial charge in [0, 0.05) is 19.5 Å². The van der Waals surface area contributed by atoms with E-state index in [0.717, 1.165) is 32.4 Å². The van der Waals surface area contributed by atoms with Gasteiger partial charge in [-0.05, 0) is 37.5 Å². The fourth-order valence-corrected chi connectivity index (χ4v) is 2.89. The maximum absolute atomic E-state index is 11.8. The van der Waals surface area contributed by atoms with E-state index >= 15 is 0 Å². The van der Waals surface area contributed by atoms with Gasteiger partial charge in [0.25, 0.3) is 0 Å². The van der Waals surface area contributed by atoms with E-state index in [1.165, 1.54) is 32.1 Å². The molecule has 0 unspecified atom stereocenters. The number of hydrogen-bond donors (Lipinski definition) is 0. The van der Waals surface area contributed by atoms with E-state index in [0.29, 0.717) is 11.3 Å². The zero-order valence-corrected chi connectivity index (χ0v) is 9.93. The molecule has 86 valence electrons. The molecule has 1 heterocycles. The lowest BCUT2D eigenvalue weighted by atomic mass is 9.63. The van der Waals surface area contributed by atoms with Gasteiger partial charge in [-0.2, -0.15) is 0 Å². The van der Waals surface area contributed by atoms with Crippen molar-refractivity contribution < 1.29 is 4.79 Å². The number of nitrogens with zero attached hydrogens (tertiary/aromatic N) is 1. The van der Waals surface area contributed by atoms with Gasteiger partial charge in [-0.15, -0.1) is 0 Å². The van der Waals surface area contributed by atoms with Gasteiger partial charge in [-0.1, -0.05) is 19.8 Å². The second kappa shape index (κ2) is 4.54. The number of hydrogen-bond acceptors (Lipinski definition) is 1. The Morgan fingerprint density at radius 1 is 1.20 bits per heavy atom. The molecule has 2 fully saturated rings. The monoisotopic (exact) mass is 209 g/mol. The van der Waals surface area contributed by atoms with Crippen LogP contribution in [0.1, 0.15) is 58.3 Å². The summed E-state index contributed by atoms with van der Waals surface area (Å²) in [6.07, 6.45) is 9.75. The van der Waals surface area contributed by atoms with Gasteiger partial charge in [0.05, 0.1) is 0 Å². The van der Waals surface area contributed by atoms with Crippen molar-refractivity contribution in [2.45, 2.75) is 58.3 Å². The SMILES string of the molecule is CCCCC(=O)N1CCC2(CCC2)CC1. The van der Waals surface area contributed by atoms with Crippen LogP contribution in [0.2, 0.25) is 0 Å². The zero-order valence-electron chi connectivity index (χ0n) is 9.93. The Morgan fingerprint density at radius 3 is 2.33 bits per heavy atom. The lowest BCUT2D eigenvalue weighted by Crippen LogP contribution is -2.45. The lowest BCUT2D eigenvalue weighted by Gasteiger charge is -2.48. The van der Waals surface area contributed by atoms with E-state index in [4.69, 9.17) is 0 Å². The minimum absolute atomic E-state index is 0.394. The highest BCUT2D eigenvalue weighted by atomic mass is 16.2. The maximum Gasteiger partial charge on any atom is 0.222 e. The first-order chi connectivity index (χ1) is 7.26. The molecule has 1 amide bonds. The van der Waals surface area contributed by atoms with Crippen LogP contribution in [0.15, 0.2) is 0 Å². The number of carbonyl (C=O) groups is 1. The molecule has 2 aliphatic rings. The Hall–Kier alpha value is -0.530. The summed E-state index contributed by atoms with van der Waals surface area (Å²) in [5, 5.41) is 0. The van der Waals surface area contributed by atoms with Gasteiger partial charge in [0.15, 0.2) is 0 Å². The summed E-state index contributed by atoms with van der Waals surface area (Å²) in [6.45, 7) is 4.21. The molecule has 1 spiro atoms. The number of rotatable bonds is 3. The topological polar surface area (TPSA) is 20.3 Å². The van der Waals surface area contributed by atoms with E-state index < -0.39 is 0 Å². The molecule has 1 aliphatic carbocycles. The molecule has 1 aliphatic heterocycles. The van der Waals surface area contributed by atoms with Gasteiger partial charge < -0.3 is 4.90 Å². The third-order valence-corrected chi connectivity index (χ3v) is 4.34. The van der Waals surface area contributed by atoms with Crippen molar-refractivity contribution in [2.75, 3.05) is 13.1 Å². The van der Waals surface area contributed by atoms with Crippen LogP contribution >= 0.6 is 0 Å². The van der Waals surface area contributed by atoms with Crippen LogP contribution in [-0.2, 0) is 4.79 Å². The summed E-state index contributed by atoms with van der Waals surface area (Å²) in [4.78, 5) is 13.9. The molecule has 0 aromatic rings. The molecule has 0 aromatic heterocycles. The average Bonchev–Trinajstić information content (AvgIpc) is 2.24. The van der Waals surface area contributed by atoms with Crippen molar-refractivity contribution in [3.63, 3.8) is 0 Å². The number of unbranched alkanes of at least 4 members (excludes halogenated alkanes) is 1. The highest BCUT2D eigenvalue weighted by molar-refractivity contribution is 5.76. The molecule has 2 nitrogen and oxygen atoms in total. The molecule has 0 N–H and O–H groups in total. The predicted octanol–water partition coefficient (Wildman–Crippen LogP) is 2.97. The number of carbonyl (C=O) groups excluding carboxylic acids is 1. The van der Waals surface area contributed by atoms with Crippen molar-refractivity contribution in [1.82, 2.24) is 4.90 Å². The number of amides is 1. The average molecular weight is 209 g/mol. The fraction of sp³-hybridized carbons (Fsp3) is 0.923. The first-order valence-corrected chi connectivity index (χ1v) is 6.54. The molecule has 0 bridgehead atoms. The van der Waals surface area contributed by atoms with Gasteiger partial charge in [0.1, 0.15) is 0 Å². The zero-order chi connectivity index (χ0) is 10.7. The normalized spacial score (nSPS) is 23.9. The van der Waals surface area contributed by atoms with Crippen LogP contribution in [0.4, 0.5) is 0 Å². The van der Waals surface area contributed by atoms with Crippen LogP contribution in [0.25, 0.3) is 0 Å². The quantitative estimate of drug-likeness (QED) is 0.699. The Labute approximate surface area is 93.0 Å². The van der Waals surface area contributed by atoms with Crippen LogP contribution in [0, 0.1) is 5.41 Å². The van der Waals surface area contributed by atoms with Crippen molar-refractivity contribution >= 4 is 5.91 Å². The van der Waals surface area contributed by atoms with Crippen LogP contribution in [-0.4, -0.2) is 23.9 Å². The second-order valence-corrected chi connectivity index (χ2v) is 5.34. The summed E-state index contributed by atoms with van der Waals surface area (Å²) in [7, 11) is 0. The number of likely N-dealkylation sites (tertiary alicyclic amines) is 1. The summed E-state index contributed by atoms with van der Waals surface area (Å²) >= 11 is 0. The largest absolute Gasteiger partial charge is 0.343 e. The third kappa shape index (κ3) is 2.35. The summed E-state index contributed by atoms with van der Waals surface area (Å²) < 4.78 is 0. The fourth-order valence-electron chi connectivity index (χ4n) is 2.89. The van der Waals surface area contributed by atoms with Crippen molar-refractivity contribution in [1.29, 1.82) is 0 Å². The molecule has 15 heavy (non-hydrogen) atoms. The lowest BCUT2D eigenvalue weighted by molar-refractivity contribution is -0.134. The van der Waals surface area contributed by atoms with Gasteiger partial charge in [-0.25, -0.2) is 0 Å². The Bertz CT molecular complexity index is 223. The summed E-state index contributed by atoms with van der Waals surface area (Å²) in [5.41, 5.74) is 0.668. The second-order valence-electron chi connectivity index (χ2n) is 5.34. The van der Waals surface area contributed by atoms with Crippen LogP contribution in [0.5, 0.6) is 0 Å². The van der Waals surface area contributed by atoms with E-state index in [-0.39, 0.29) is 0 Å². The Kier molecular flexibility index (Phi) is 3.32. The molecule has 2 rings (SSSR count). The van der Waals surface area contributed by atoms with E-state index in [2.05, 4.69) is 11.8 Å². The molecule has 2 heteroatoms. The summed E-state index contributed by atoms with van der Waals surface area (Å²) in [6, 6.07) is 0. The van der Waals surface area contributed by atoms with Gasteiger partial charge in [-0.3, -0.25) is 4.79 Å². The minimum atomic E-state index is 0.394. The summed E-state index contributed by atoms with van der Waals surface area (Å²) in [5.74, 6) is 0.394. The van der Waals surface area contributed by atoms with Crippen molar-refractivity contribution in [3.8, 4) is 0 Å². The molecule has 1 saturated carbocycles. The van der Waals surface area contributed by atoms with E-state index in [9.17, 15) is 4.79 Å². The Morgan fingerprint density at radius 2 is 1.87 bits per heavy atom. The Balaban J connectivity index is 1.75. The maximum atomic E-state index is 11.8. The molecule has 0 radical (unpaired) electrons. The molecule has 0 atom stereocenters. The first kappa shape index (κ1) is 11.0. The molecule has 1 saturated heterocycles. The van der Waals surface area contributed by atoms with Crippen molar-refractivity contribution in [2.24, 2.45) is 5.41 Å². The molecular formula is C13H23NO. The predicted molar refractivity (Wildman–Crippen MR) is 61.6 cm³/mol. The minimum Gasteiger partial charge on any atom is -0.343 e. The smallest absolute Gasteiger partial charge is 0.222 e. The van der Waals surface area contributed by atoms with E-state index in [1.54, 1.807) is 0 Å². The highest BCUT2D eigenvalue weighted by Gasteiger charge is 2.40. The molecule has 0 aromatic carbocycles. The van der Waals surface area contributed by atoms with Crippen molar-refractivity contribution in [3.05, 3.63) is 0 Å². The van der Waals surface area contributed by atoms with E-state index in [1.807, 2.05) is 0 Å². The number of piperidine rings is 1. The van der Waals surface area contributed by atoms with Crippen LogP contribution in [0.3, 0.4) is 0 Å².